The van der Waals surface area contributed by atoms with E-state index in [1.54, 1.807) is 30.3 Å². The number of benzene rings is 1. The number of hydrogen-bond acceptors (Lipinski definition) is 2. The SMILES string of the molecule is O=C(CCC(F)(F)F)c1ccnn1-c1ccccc1. The topological polar surface area (TPSA) is 34.9 Å². The van der Waals surface area contributed by atoms with E-state index in [9.17, 15) is 18.0 Å². The van der Waals surface area contributed by atoms with Crippen LogP contribution in [0, 0.1) is 0 Å². The average molecular weight is 268 g/mol. The molecule has 0 saturated heterocycles. The van der Waals surface area contributed by atoms with Gasteiger partial charge in [-0.3, -0.25) is 4.79 Å². The van der Waals surface area contributed by atoms with E-state index in [4.69, 9.17) is 0 Å². The Bertz CT molecular complexity index is 561. The normalized spacial score (nSPS) is 11.5. The van der Waals surface area contributed by atoms with Gasteiger partial charge in [0.15, 0.2) is 5.78 Å². The summed E-state index contributed by atoms with van der Waals surface area (Å²) in [6.45, 7) is 0. The Morgan fingerprint density at radius 3 is 2.47 bits per heavy atom. The molecule has 3 nitrogen and oxygen atoms in total. The second kappa shape index (κ2) is 5.26. The molecule has 0 aliphatic rings. The Hall–Kier alpha value is -2.11. The molecule has 0 atom stereocenters. The Morgan fingerprint density at radius 1 is 1.16 bits per heavy atom. The second-order valence-electron chi connectivity index (χ2n) is 4.00. The molecule has 19 heavy (non-hydrogen) atoms. The first-order valence-corrected chi connectivity index (χ1v) is 5.67. The van der Waals surface area contributed by atoms with E-state index in [0.29, 0.717) is 5.69 Å². The molecule has 0 amide bonds. The number of para-hydroxylation sites is 1. The van der Waals surface area contributed by atoms with Gasteiger partial charge >= 0.3 is 6.18 Å². The number of carbonyl (C=O) groups is 1. The maximum atomic E-state index is 12.1. The molecule has 2 aromatic rings. The van der Waals surface area contributed by atoms with Gasteiger partial charge in [-0.25, -0.2) is 4.68 Å². The zero-order valence-electron chi connectivity index (χ0n) is 9.89. The van der Waals surface area contributed by atoms with Gasteiger partial charge in [0.25, 0.3) is 0 Å². The van der Waals surface area contributed by atoms with Crippen LogP contribution in [0.3, 0.4) is 0 Å². The molecule has 0 aliphatic heterocycles. The first-order valence-electron chi connectivity index (χ1n) is 5.67. The van der Waals surface area contributed by atoms with Crippen molar-refractivity contribution < 1.29 is 18.0 Å². The van der Waals surface area contributed by atoms with Crippen LogP contribution in [0.5, 0.6) is 0 Å². The highest BCUT2D eigenvalue weighted by molar-refractivity contribution is 5.94. The highest BCUT2D eigenvalue weighted by atomic mass is 19.4. The number of alkyl halides is 3. The lowest BCUT2D eigenvalue weighted by Gasteiger charge is -2.08. The molecule has 0 radical (unpaired) electrons. The average Bonchev–Trinajstić information content (AvgIpc) is 2.85. The highest BCUT2D eigenvalue weighted by Gasteiger charge is 2.28. The maximum absolute atomic E-state index is 12.1. The van der Waals surface area contributed by atoms with Gasteiger partial charge in [0.2, 0.25) is 0 Å². The number of ketones is 1. The molecule has 0 spiro atoms. The quantitative estimate of drug-likeness (QED) is 0.796. The van der Waals surface area contributed by atoms with E-state index >= 15 is 0 Å². The summed E-state index contributed by atoms with van der Waals surface area (Å²) in [5.74, 6) is -0.571. The maximum Gasteiger partial charge on any atom is 0.389 e. The molecule has 0 unspecified atom stereocenters. The largest absolute Gasteiger partial charge is 0.389 e. The second-order valence-corrected chi connectivity index (χ2v) is 4.00. The molecular formula is C13H11F3N2O. The summed E-state index contributed by atoms with van der Waals surface area (Å²) < 4.78 is 37.7. The van der Waals surface area contributed by atoms with E-state index in [1.807, 2.05) is 0 Å². The Balaban J connectivity index is 2.18. The molecule has 0 aliphatic carbocycles. The van der Waals surface area contributed by atoms with Crippen molar-refractivity contribution in [3.05, 3.63) is 48.3 Å². The first kappa shape index (κ1) is 13.3. The minimum Gasteiger partial charge on any atom is -0.292 e. The van der Waals surface area contributed by atoms with Gasteiger partial charge in [0.05, 0.1) is 18.3 Å². The summed E-state index contributed by atoms with van der Waals surface area (Å²) in [5, 5.41) is 3.97. The van der Waals surface area contributed by atoms with Crippen LogP contribution in [0.15, 0.2) is 42.6 Å². The summed E-state index contributed by atoms with van der Waals surface area (Å²) in [6.07, 6.45) is -4.62. The van der Waals surface area contributed by atoms with Crippen molar-refractivity contribution in [2.24, 2.45) is 0 Å². The Kier molecular flexibility index (Phi) is 3.69. The smallest absolute Gasteiger partial charge is 0.292 e. The van der Waals surface area contributed by atoms with Crippen molar-refractivity contribution in [2.45, 2.75) is 19.0 Å². The Labute approximate surface area is 107 Å². The van der Waals surface area contributed by atoms with Crippen LogP contribution in [-0.4, -0.2) is 21.7 Å². The summed E-state index contributed by atoms with van der Waals surface area (Å²) in [4.78, 5) is 11.8. The van der Waals surface area contributed by atoms with Crippen LogP contribution < -0.4 is 0 Å². The molecular weight excluding hydrogens is 257 g/mol. The predicted molar refractivity (Wildman–Crippen MR) is 63.2 cm³/mol. The minimum absolute atomic E-state index is 0.162. The van der Waals surface area contributed by atoms with Crippen LogP contribution in [-0.2, 0) is 0 Å². The summed E-state index contributed by atoms with van der Waals surface area (Å²) in [7, 11) is 0. The predicted octanol–water partition coefficient (Wildman–Crippen LogP) is 3.40. The number of carbonyl (C=O) groups excluding carboxylic acids is 1. The third kappa shape index (κ3) is 3.43. The Morgan fingerprint density at radius 2 is 1.84 bits per heavy atom. The molecule has 1 aromatic carbocycles. The third-order valence-electron chi connectivity index (χ3n) is 2.56. The van der Waals surface area contributed by atoms with Crippen molar-refractivity contribution in [3.8, 4) is 5.69 Å². The summed E-state index contributed by atoms with van der Waals surface area (Å²) in [6, 6.07) is 10.2. The van der Waals surface area contributed by atoms with E-state index in [0.717, 1.165) is 0 Å². The van der Waals surface area contributed by atoms with Crippen LogP contribution in [0.4, 0.5) is 13.2 Å². The van der Waals surface area contributed by atoms with E-state index in [1.165, 1.54) is 16.9 Å². The number of Topliss-reactive ketones (excluding diaryl/α,β-unsaturated/α-hetero) is 1. The van der Waals surface area contributed by atoms with Crippen molar-refractivity contribution in [3.63, 3.8) is 0 Å². The highest BCUT2D eigenvalue weighted by Crippen LogP contribution is 2.23. The zero-order chi connectivity index (χ0) is 13.9. The fourth-order valence-electron chi connectivity index (χ4n) is 1.67. The van der Waals surface area contributed by atoms with E-state index in [-0.39, 0.29) is 5.69 Å². The van der Waals surface area contributed by atoms with Gasteiger partial charge in [-0.1, -0.05) is 18.2 Å². The van der Waals surface area contributed by atoms with Crippen molar-refractivity contribution in [1.82, 2.24) is 9.78 Å². The minimum atomic E-state index is -4.33. The molecule has 100 valence electrons. The van der Waals surface area contributed by atoms with E-state index < -0.39 is 24.8 Å². The van der Waals surface area contributed by atoms with Crippen LogP contribution in [0.1, 0.15) is 23.3 Å². The number of halogens is 3. The fourth-order valence-corrected chi connectivity index (χ4v) is 1.67. The lowest BCUT2D eigenvalue weighted by molar-refractivity contribution is -0.133. The lowest BCUT2D eigenvalue weighted by atomic mass is 10.1. The zero-order valence-corrected chi connectivity index (χ0v) is 9.89. The molecule has 0 fully saturated rings. The first-order chi connectivity index (χ1) is 8.97. The summed E-state index contributed by atoms with van der Waals surface area (Å²) in [5.41, 5.74) is 0.804. The van der Waals surface area contributed by atoms with Gasteiger partial charge in [-0.2, -0.15) is 18.3 Å². The van der Waals surface area contributed by atoms with Crippen molar-refractivity contribution >= 4 is 5.78 Å². The van der Waals surface area contributed by atoms with Gasteiger partial charge < -0.3 is 0 Å². The number of aromatic nitrogens is 2. The van der Waals surface area contributed by atoms with Crippen LogP contribution >= 0.6 is 0 Å². The lowest BCUT2D eigenvalue weighted by Crippen LogP contribution is -2.14. The molecule has 1 aromatic heterocycles. The van der Waals surface area contributed by atoms with Gasteiger partial charge in [-0.05, 0) is 18.2 Å². The van der Waals surface area contributed by atoms with Crippen molar-refractivity contribution in [2.75, 3.05) is 0 Å². The van der Waals surface area contributed by atoms with Crippen LogP contribution in [0.25, 0.3) is 5.69 Å². The molecule has 0 saturated carbocycles. The van der Waals surface area contributed by atoms with Gasteiger partial charge in [0, 0.05) is 6.42 Å². The third-order valence-corrected chi connectivity index (χ3v) is 2.56. The number of rotatable bonds is 4. The van der Waals surface area contributed by atoms with Crippen molar-refractivity contribution in [1.29, 1.82) is 0 Å². The molecule has 0 bridgehead atoms. The molecule has 1 heterocycles. The standard InChI is InChI=1S/C13H11F3N2O/c14-13(15,16)8-6-12(19)11-7-9-17-18(11)10-4-2-1-3-5-10/h1-5,7,9H,6,8H2. The van der Waals surface area contributed by atoms with E-state index in [2.05, 4.69) is 5.10 Å². The molecule has 2 rings (SSSR count). The number of hydrogen-bond donors (Lipinski definition) is 0. The fraction of sp³-hybridized carbons (Fsp3) is 0.231. The van der Waals surface area contributed by atoms with Gasteiger partial charge in [-0.15, -0.1) is 0 Å². The molecule has 0 N–H and O–H groups in total. The van der Waals surface area contributed by atoms with Crippen LogP contribution in [0.2, 0.25) is 0 Å². The number of nitrogens with zero attached hydrogens (tertiary/aromatic N) is 2. The summed E-state index contributed by atoms with van der Waals surface area (Å²) >= 11 is 0. The monoisotopic (exact) mass is 268 g/mol. The molecule has 6 heteroatoms. The van der Waals surface area contributed by atoms with Gasteiger partial charge in [0.1, 0.15) is 5.69 Å².